The third-order valence-electron chi connectivity index (χ3n) is 4.47. The van der Waals surface area contributed by atoms with E-state index in [2.05, 4.69) is 4.98 Å². The summed E-state index contributed by atoms with van der Waals surface area (Å²) in [5.74, 6) is -1.46. The number of sulfonamides is 1. The van der Waals surface area contributed by atoms with E-state index < -0.39 is 16.0 Å². The zero-order chi connectivity index (χ0) is 19.8. The lowest BCUT2D eigenvalue weighted by Crippen LogP contribution is -2.50. The van der Waals surface area contributed by atoms with E-state index in [1.165, 1.54) is 30.5 Å². The van der Waals surface area contributed by atoms with Gasteiger partial charge in [0.05, 0.1) is 0 Å². The molecule has 9 nitrogen and oxygen atoms in total. The normalized spacial score (nSPS) is 15.7. The average Bonchev–Trinajstić information content (AvgIpc) is 2.97. The van der Waals surface area contributed by atoms with Crippen LogP contribution in [0.5, 0.6) is 0 Å². The summed E-state index contributed by atoms with van der Waals surface area (Å²) in [4.78, 5) is 29.1. The smallest absolute Gasteiger partial charge is 0.340 e. The second kappa shape index (κ2) is 7.12. The van der Waals surface area contributed by atoms with Crippen LogP contribution in [-0.2, 0) is 10.0 Å². The van der Waals surface area contributed by atoms with E-state index in [-0.39, 0.29) is 54.1 Å². The summed E-state index contributed by atoms with van der Waals surface area (Å²) < 4.78 is 32.4. The number of piperazine rings is 1. The van der Waals surface area contributed by atoms with E-state index in [0.717, 1.165) is 0 Å². The van der Waals surface area contributed by atoms with E-state index in [0.29, 0.717) is 5.56 Å². The third-order valence-corrected chi connectivity index (χ3v) is 6.52. The molecule has 1 aliphatic rings. The van der Waals surface area contributed by atoms with Crippen molar-refractivity contribution in [3.05, 3.63) is 47.2 Å². The van der Waals surface area contributed by atoms with Gasteiger partial charge >= 0.3 is 5.97 Å². The van der Waals surface area contributed by atoms with Crippen LogP contribution in [-0.4, -0.2) is 65.8 Å². The molecule has 10 heteroatoms. The number of amides is 1. The van der Waals surface area contributed by atoms with Crippen LogP contribution < -0.4 is 0 Å². The molecule has 1 N–H and O–H groups in total. The van der Waals surface area contributed by atoms with E-state index in [1.54, 1.807) is 17.0 Å². The number of carboxylic acids is 1. The standard InChI is InChI=1S/C17H19N3O6S/c1-11-14(17(22)23)15(12(2)26-11)27(24,25)20-9-7-19(8-10-20)16(21)13-3-5-18-6-4-13/h3-6H,7-10H2,1-2H3,(H,22,23). The highest BCUT2D eigenvalue weighted by atomic mass is 32.2. The molecule has 0 aliphatic carbocycles. The molecular formula is C17H19N3O6S. The van der Waals surface area contributed by atoms with E-state index in [1.807, 2.05) is 0 Å². The largest absolute Gasteiger partial charge is 0.478 e. The summed E-state index contributed by atoms with van der Waals surface area (Å²) in [7, 11) is -4.05. The molecule has 1 amide bonds. The van der Waals surface area contributed by atoms with Gasteiger partial charge in [-0.1, -0.05) is 0 Å². The van der Waals surface area contributed by atoms with Crippen molar-refractivity contribution >= 4 is 21.9 Å². The molecule has 3 rings (SSSR count). The molecule has 0 radical (unpaired) electrons. The summed E-state index contributed by atoms with van der Waals surface area (Å²) in [5, 5.41) is 9.36. The van der Waals surface area contributed by atoms with Crippen LogP contribution in [0.2, 0.25) is 0 Å². The van der Waals surface area contributed by atoms with Crippen molar-refractivity contribution in [3.63, 3.8) is 0 Å². The topological polar surface area (TPSA) is 121 Å². The van der Waals surface area contributed by atoms with Crippen LogP contribution in [0.25, 0.3) is 0 Å². The fourth-order valence-corrected chi connectivity index (χ4v) is 4.96. The van der Waals surface area contributed by atoms with E-state index in [4.69, 9.17) is 4.42 Å². The van der Waals surface area contributed by atoms with Crippen molar-refractivity contribution in [2.24, 2.45) is 0 Å². The molecule has 0 saturated carbocycles. The summed E-state index contributed by atoms with van der Waals surface area (Å²) in [6.45, 7) is 3.40. The number of pyridine rings is 1. The molecule has 0 aromatic carbocycles. The van der Waals surface area contributed by atoms with E-state index >= 15 is 0 Å². The minimum Gasteiger partial charge on any atom is -0.478 e. The number of furan rings is 1. The zero-order valence-electron chi connectivity index (χ0n) is 14.9. The van der Waals surface area contributed by atoms with Gasteiger partial charge in [0.15, 0.2) is 0 Å². The van der Waals surface area contributed by atoms with E-state index in [9.17, 15) is 23.1 Å². The first-order chi connectivity index (χ1) is 12.7. The zero-order valence-corrected chi connectivity index (χ0v) is 15.7. The van der Waals surface area contributed by atoms with Crippen LogP contribution in [0.4, 0.5) is 0 Å². The molecule has 144 valence electrons. The lowest BCUT2D eigenvalue weighted by atomic mass is 10.2. The van der Waals surface area contributed by atoms with Gasteiger partial charge in [-0.15, -0.1) is 0 Å². The van der Waals surface area contributed by atoms with Crippen molar-refractivity contribution < 1.29 is 27.5 Å². The number of aromatic carboxylic acids is 1. The molecule has 1 aliphatic heterocycles. The number of hydrogen-bond donors (Lipinski definition) is 1. The highest BCUT2D eigenvalue weighted by Gasteiger charge is 2.37. The average molecular weight is 393 g/mol. The molecule has 1 fully saturated rings. The Labute approximate surface area is 156 Å². The maximum absolute atomic E-state index is 13.0. The Kier molecular flexibility index (Phi) is 5.03. The molecular weight excluding hydrogens is 374 g/mol. The molecule has 0 spiro atoms. The Morgan fingerprint density at radius 2 is 1.67 bits per heavy atom. The maximum atomic E-state index is 13.0. The minimum atomic E-state index is -4.05. The van der Waals surface area contributed by atoms with Gasteiger partial charge in [0, 0.05) is 44.1 Å². The molecule has 0 atom stereocenters. The molecule has 0 bridgehead atoms. The number of aryl methyl sites for hydroxylation is 2. The van der Waals surface area contributed by atoms with Gasteiger partial charge in [-0.05, 0) is 26.0 Å². The van der Waals surface area contributed by atoms with Crippen LogP contribution >= 0.6 is 0 Å². The first kappa shape index (κ1) is 19.1. The molecule has 27 heavy (non-hydrogen) atoms. The fraction of sp³-hybridized carbons (Fsp3) is 0.353. The summed E-state index contributed by atoms with van der Waals surface area (Å²) in [6, 6.07) is 3.20. The Bertz CT molecular complexity index is 976. The van der Waals surface area contributed by atoms with Crippen molar-refractivity contribution in [1.29, 1.82) is 0 Å². The Balaban J connectivity index is 1.80. The second-order valence-corrected chi connectivity index (χ2v) is 8.03. The SMILES string of the molecule is Cc1oc(C)c(S(=O)(=O)N2CCN(C(=O)c3ccncc3)CC2)c1C(=O)O. The third kappa shape index (κ3) is 3.45. The first-order valence-corrected chi connectivity index (χ1v) is 9.70. The summed E-state index contributed by atoms with van der Waals surface area (Å²) >= 11 is 0. The first-order valence-electron chi connectivity index (χ1n) is 8.26. The Morgan fingerprint density at radius 3 is 2.22 bits per heavy atom. The number of carbonyl (C=O) groups is 2. The van der Waals surface area contributed by atoms with Crippen LogP contribution in [0.15, 0.2) is 33.8 Å². The summed E-state index contributed by atoms with van der Waals surface area (Å²) in [6.07, 6.45) is 3.04. The van der Waals surface area contributed by atoms with Gasteiger partial charge in [0.1, 0.15) is 22.0 Å². The highest BCUT2D eigenvalue weighted by Crippen LogP contribution is 2.30. The molecule has 2 aromatic rings. The van der Waals surface area contributed by atoms with Gasteiger partial charge in [0.2, 0.25) is 10.0 Å². The van der Waals surface area contributed by atoms with Gasteiger partial charge in [0.25, 0.3) is 5.91 Å². The summed E-state index contributed by atoms with van der Waals surface area (Å²) in [5.41, 5.74) is 0.138. The quantitative estimate of drug-likeness (QED) is 0.826. The van der Waals surface area contributed by atoms with Crippen molar-refractivity contribution in [2.75, 3.05) is 26.2 Å². The van der Waals surface area contributed by atoms with Crippen molar-refractivity contribution in [1.82, 2.24) is 14.2 Å². The van der Waals surface area contributed by atoms with Gasteiger partial charge in [-0.2, -0.15) is 4.31 Å². The number of rotatable bonds is 4. The van der Waals surface area contributed by atoms with Crippen molar-refractivity contribution in [2.45, 2.75) is 18.7 Å². The second-order valence-electron chi connectivity index (χ2n) is 6.16. The number of hydrogen-bond acceptors (Lipinski definition) is 6. The number of nitrogens with zero attached hydrogens (tertiary/aromatic N) is 3. The van der Waals surface area contributed by atoms with Crippen LogP contribution in [0.1, 0.15) is 32.2 Å². The number of carboxylic acid groups (broad SMARTS) is 1. The Hall–Kier alpha value is -2.72. The van der Waals surface area contributed by atoms with Crippen LogP contribution in [0.3, 0.4) is 0 Å². The van der Waals surface area contributed by atoms with Gasteiger partial charge < -0.3 is 14.4 Å². The lowest BCUT2D eigenvalue weighted by Gasteiger charge is -2.34. The monoisotopic (exact) mass is 393 g/mol. The van der Waals surface area contributed by atoms with Gasteiger partial charge in [-0.25, -0.2) is 13.2 Å². The predicted molar refractivity (Wildman–Crippen MR) is 94.0 cm³/mol. The molecule has 0 unspecified atom stereocenters. The number of aromatic nitrogens is 1. The highest BCUT2D eigenvalue weighted by molar-refractivity contribution is 7.89. The van der Waals surface area contributed by atoms with Crippen molar-refractivity contribution in [3.8, 4) is 0 Å². The molecule has 3 heterocycles. The number of carbonyl (C=O) groups excluding carboxylic acids is 1. The lowest BCUT2D eigenvalue weighted by molar-refractivity contribution is 0.0689. The molecule has 1 saturated heterocycles. The predicted octanol–water partition coefficient (Wildman–Crippen LogP) is 1.14. The molecule has 2 aromatic heterocycles. The minimum absolute atomic E-state index is 0.0418. The Morgan fingerprint density at radius 1 is 1.07 bits per heavy atom. The van der Waals surface area contributed by atoms with Crippen LogP contribution in [0, 0.1) is 13.8 Å². The maximum Gasteiger partial charge on any atom is 0.340 e. The van der Waals surface area contributed by atoms with Gasteiger partial charge in [-0.3, -0.25) is 9.78 Å². The fourth-order valence-electron chi connectivity index (χ4n) is 3.16.